The summed E-state index contributed by atoms with van der Waals surface area (Å²) in [7, 11) is 2.00. The van der Waals surface area contributed by atoms with Gasteiger partial charge in [-0.1, -0.05) is 13.0 Å². The van der Waals surface area contributed by atoms with Crippen molar-refractivity contribution in [3.63, 3.8) is 0 Å². The van der Waals surface area contributed by atoms with Crippen molar-refractivity contribution in [2.24, 2.45) is 7.05 Å². The van der Waals surface area contributed by atoms with Crippen LogP contribution in [-0.2, 0) is 18.3 Å². The third-order valence-corrected chi connectivity index (χ3v) is 3.41. The molecule has 1 aromatic carbocycles. The van der Waals surface area contributed by atoms with E-state index in [1.165, 1.54) is 11.6 Å². The molecule has 0 aliphatic rings. The van der Waals surface area contributed by atoms with Gasteiger partial charge < -0.3 is 9.67 Å². The number of carboxylic acids is 1. The van der Waals surface area contributed by atoms with Gasteiger partial charge in [0.15, 0.2) is 0 Å². The molecule has 3 nitrogen and oxygen atoms in total. The van der Waals surface area contributed by atoms with Crippen LogP contribution in [0.4, 0.5) is 0 Å². The van der Waals surface area contributed by atoms with Gasteiger partial charge in [-0.25, -0.2) is 4.79 Å². The quantitative estimate of drug-likeness (QED) is 0.841. The van der Waals surface area contributed by atoms with E-state index in [2.05, 4.69) is 29.7 Å². The number of rotatable bonds is 3. The van der Waals surface area contributed by atoms with Gasteiger partial charge in [0, 0.05) is 35.3 Å². The summed E-state index contributed by atoms with van der Waals surface area (Å²) >= 11 is 0. The number of fused-ring (bicyclic) bond motifs is 1. The van der Waals surface area contributed by atoms with Crippen LogP contribution in [0.5, 0.6) is 0 Å². The molecule has 0 amide bonds. The van der Waals surface area contributed by atoms with Crippen LogP contribution < -0.4 is 0 Å². The zero-order chi connectivity index (χ0) is 13.3. The molecule has 18 heavy (non-hydrogen) atoms. The first kappa shape index (κ1) is 12.4. The smallest absolute Gasteiger partial charge is 0.328 e. The predicted octanol–water partition coefficient (Wildman–Crippen LogP) is 3.15. The third-order valence-electron chi connectivity index (χ3n) is 3.41. The number of hydrogen-bond acceptors (Lipinski definition) is 1. The van der Waals surface area contributed by atoms with Gasteiger partial charge in [0.2, 0.25) is 0 Å². The van der Waals surface area contributed by atoms with Crippen molar-refractivity contribution in [2.75, 3.05) is 0 Å². The molecule has 2 rings (SSSR count). The Kier molecular flexibility index (Phi) is 3.24. The zero-order valence-corrected chi connectivity index (χ0v) is 10.9. The van der Waals surface area contributed by atoms with Crippen LogP contribution in [-0.4, -0.2) is 15.6 Å². The molecule has 0 spiro atoms. The number of aromatic nitrogens is 1. The first-order valence-corrected chi connectivity index (χ1v) is 6.03. The highest BCUT2D eigenvalue weighted by Crippen LogP contribution is 2.27. The molecule has 0 unspecified atom stereocenters. The highest BCUT2D eigenvalue weighted by atomic mass is 16.4. The maximum absolute atomic E-state index is 10.7. The maximum atomic E-state index is 10.7. The Morgan fingerprint density at radius 3 is 2.78 bits per heavy atom. The third kappa shape index (κ3) is 2.04. The van der Waals surface area contributed by atoms with Crippen molar-refractivity contribution >= 4 is 22.9 Å². The van der Waals surface area contributed by atoms with E-state index in [-0.39, 0.29) is 0 Å². The highest BCUT2D eigenvalue weighted by Gasteiger charge is 2.10. The lowest BCUT2D eigenvalue weighted by molar-refractivity contribution is -0.131. The van der Waals surface area contributed by atoms with Gasteiger partial charge in [0.05, 0.1) is 0 Å². The molecule has 0 atom stereocenters. The summed E-state index contributed by atoms with van der Waals surface area (Å²) in [5.41, 5.74) is 4.47. The Labute approximate surface area is 106 Å². The van der Waals surface area contributed by atoms with Crippen molar-refractivity contribution in [2.45, 2.75) is 20.3 Å². The van der Waals surface area contributed by atoms with Crippen LogP contribution in [0.3, 0.4) is 0 Å². The van der Waals surface area contributed by atoms with E-state index in [4.69, 9.17) is 5.11 Å². The lowest BCUT2D eigenvalue weighted by atomic mass is 10.1. The predicted molar refractivity (Wildman–Crippen MR) is 73.7 cm³/mol. The molecule has 0 aliphatic heterocycles. The van der Waals surface area contributed by atoms with Gasteiger partial charge in [0.25, 0.3) is 0 Å². The molecule has 1 aromatic heterocycles. The largest absolute Gasteiger partial charge is 0.478 e. The molecule has 0 saturated carbocycles. The first-order valence-electron chi connectivity index (χ1n) is 6.03. The number of carbonyl (C=O) groups is 1. The summed E-state index contributed by atoms with van der Waals surface area (Å²) in [6.45, 7) is 4.12. The minimum atomic E-state index is -0.918. The molecule has 0 saturated heterocycles. The van der Waals surface area contributed by atoms with Crippen LogP contribution in [0.25, 0.3) is 17.0 Å². The molecule has 2 aromatic rings. The average Bonchev–Trinajstić information content (AvgIpc) is 2.59. The number of carboxylic acid groups (broad SMARTS) is 1. The maximum Gasteiger partial charge on any atom is 0.328 e. The number of benzene rings is 1. The Morgan fingerprint density at radius 1 is 1.44 bits per heavy atom. The van der Waals surface area contributed by atoms with Crippen LogP contribution >= 0.6 is 0 Å². The Bertz CT molecular complexity index is 635. The fraction of sp³-hybridized carbons (Fsp3) is 0.267. The van der Waals surface area contributed by atoms with Crippen molar-refractivity contribution in [1.82, 2.24) is 4.57 Å². The molecule has 0 bridgehead atoms. The molecule has 1 heterocycles. The summed E-state index contributed by atoms with van der Waals surface area (Å²) in [5, 5.41) is 9.87. The molecule has 0 fully saturated rings. The second kappa shape index (κ2) is 4.69. The van der Waals surface area contributed by atoms with E-state index >= 15 is 0 Å². The summed E-state index contributed by atoms with van der Waals surface area (Å²) in [6, 6.07) is 6.36. The Hall–Kier alpha value is -2.03. The average molecular weight is 243 g/mol. The second-order valence-electron chi connectivity index (χ2n) is 4.43. The normalized spacial score (nSPS) is 11.5. The second-order valence-corrected chi connectivity index (χ2v) is 4.43. The number of hydrogen-bond donors (Lipinski definition) is 1. The van der Waals surface area contributed by atoms with Crippen molar-refractivity contribution in [3.8, 4) is 0 Å². The molecular formula is C15H17NO2. The molecule has 94 valence electrons. The van der Waals surface area contributed by atoms with Crippen LogP contribution in [0.2, 0.25) is 0 Å². The van der Waals surface area contributed by atoms with Gasteiger partial charge in [-0.15, -0.1) is 0 Å². The fourth-order valence-corrected chi connectivity index (χ4v) is 2.23. The van der Waals surface area contributed by atoms with E-state index in [0.29, 0.717) is 0 Å². The topological polar surface area (TPSA) is 42.2 Å². The summed E-state index contributed by atoms with van der Waals surface area (Å²) in [5.74, 6) is -0.918. The standard InChI is InChI=1S/C15H17NO2/c1-4-11-5-7-14-13(9-11)12(6-8-15(17)18)10(2)16(14)3/h5-9H,4H2,1-3H3,(H,17,18)/b8-6+. The Morgan fingerprint density at radius 2 is 2.17 bits per heavy atom. The van der Waals surface area contributed by atoms with E-state index in [1.807, 2.05) is 14.0 Å². The molecule has 1 N–H and O–H groups in total. The van der Waals surface area contributed by atoms with Crippen molar-refractivity contribution < 1.29 is 9.90 Å². The van der Waals surface area contributed by atoms with E-state index in [1.54, 1.807) is 6.08 Å². The summed E-state index contributed by atoms with van der Waals surface area (Å²) < 4.78 is 2.09. The summed E-state index contributed by atoms with van der Waals surface area (Å²) in [4.78, 5) is 10.7. The van der Waals surface area contributed by atoms with Gasteiger partial charge in [-0.2, -0.15) is 0 Å². The van der Waals surface area contributed by atoms with Crippen LogP contribution in [0.15, 0.2) is 24.3 Å². The minimum absolute atomic E-state index is 0.918. The SMILES string of the molecule is CCc1ccc2c(c1)c(/C=C/C(=O)O)c(C)n2C. The molecule has 0 aliphatic carbocycles. The van der Waals surface area contributed by atoms with E-state index in [9.17, 15) is 4.79 Å². The lowest BCUT2D eigenvalue weighted by Gasteiger charge is -1.99. The van der Waals surface area contributed by atoms with Crippen LogP contribution in [0.1, 0.15) is 23.7 Å². The number of aliphatic carboxylic acids is 1. The lowest BCUT2D eigenvalue weighted by Crippen LogP contribution is -1.90. The van der Waals surface area contributed by atoms with Crippen molar-refractivity contribution in [1.29, 1.82) is 0 Å². The van der Waals surface area contributed by atoms with E-state index in [0.717, 1.165) is 28.6 Å². The fourth-order valence-electron chi connectivity index (χ4n) is 2.23. The van der Waals surface area contributed by atoms with Gasteiger partial charge in [-0.05, 0) is 37.1 Å². The highest BCUT2D eigenvalue weighted by molar-refractivity contribution is 5.95. The summed E-state index contributed by atoms with van der Waals surface area (Å²) in [6.07, 6.45) is 3.85. The molecular weight excluding hydrogens is 226 g/mol. The monoisotopic (exact) mass is 243 g/mol. The molecule has 0 radical (unpaired) electrons. The molecule has 3 heteroatoms. The van der Waals surface area contributed by atoms with Gasteiger partial charge >= 0.3 is 5.97 Å². The Balaban J connectivity index is 2.70. The van der Waals surface area contributed by atoms with Gasteiger partial charge in [-0.3, -0.25) is 0 Å². The number of aryl methyl sites for hydroxylation is 2. The van der Waals surface area contributed by atoms with Crippen LogP contribution in [0, 0.1) is 6.92 Å². The number of nitrogens with zero attached hydrogens (tertiary/aromatic N) is 1. The first-order chi connectivity index (χ1) is 8.54. The minimum Gasteiger partial charge on any atom is -0.478 e. The zero-order valence-electron chi connectivity index (χ0n) is 10.9. The van der Waals surface area contributed by atoms with Gasteiger partial charge in [0.1, 0.15) is 0 Å². The van der Waals surface area contributed by atoms with Crippen molar-refractivity contribution in [3.05, 3.63) is 41.1 Å². The van der Waals surface area contributed by atoms with E-state index < -0.39 is 5.97 Å².